The topological polar surface area (TPSA) is 130 Å². The first-order chi connectivity index (χ1) is 23.3. The lowest BCUT2D eigenvalue weighted by Gasteiger charge is -2.31. The minimum atomic E-state index is -0.138. The van der Waals surface area contributed by atoms with Crippen molar-refractivity contribution in [1.29, 1.82) is 0 Å². The monoisotopic (exact) mass is 728 g/mol. The van der Waals surface area contributed by atoms with Gasteiger partial charge in [0.25, 0.3) is 10.4 Å². The van der Waals surface area contributed by atoms with Gasteiger partial charge in [0.1, 0.15) is 0 Å². The molecule has 0 spiro atoms. The van der Waals surface area contributed by atoms with Crippen molar-refractivity contribution in [3.8, 4) is 22.9 Å². The predicted molar refractivity (Wildman–Crippen MR) is 182 cm³/mol. The van der Waals surface area contributed by atoms with E-state index in [0.29, 0.717) is 54.6 Å². The molecule has 0 atom stereocenters. The minimum Gasteiger partial charge on any atom is -0.469 e. The van der Waals surface area contributed by atoms with Crippen LogP contribution in [-0.2, 0) is 19.1 Å². The molecule has 0 radical (unpaired) electrons. The molecule has 2 aromatic carbocycles. The first kappa shape index (κ1) is 33.4. The number of carbonyl (C=O) groups is 2. The first-order valence-electron chi connectivity index (χ1n) is 16.0. The summed E-state index contributed by atoms with van der Waals surface area (Å²) in [6.45, 7) is 0. The van der Waals surface area contributed by atoms with Crippen molar-refractivity contribution in [3.63, 3.8) is 0 Å². The molecular weight excluding hydrogens is 695 g/mol. The summed E-state index contributed by atoms with van der Waals surface area (Å²) in [6.07, 6.45) is 8.10. The summed E-state index contributed by atoms with van der Waals surface area (Å²) < 4.78 is 21.0. The first-order valence-corrected chi connectivity index (χ1v) is 18.5. The van der Waals surface area contributed by atoms with Gasteiger partial charge in [-0.15, -0.1) is 20.4 Å². The summed E-state index contributed by atoms with van der Waals surface area (Å²) in [4.78, 5) is 22.8. The molecule has 4 aliphatic carbocycles. The second-order valence-corrected chi connectivity index (χ2v) is 16.0. The van der Waals surface area contributed by atoms with Gasteiger partial charge in [-0.05, 0) is 98.6 Å². The Labute approximate surface area is 296 Å². The number of ether oxygens (including phenoxy) is 2. The van der Waals surface area contributed by atoms with Gasteiger partial charge in [0, 0.05) is 10.5 Å². The van der Waals surface area contributed by atoms with Gasteiger partial charge in [0.05, 0.1) is 47.2 Å². The molecule has 0 saturated heterocycles. The quantitative estimate of drug-likeness (QED) is 0.145. The van der Waals surface area contributed by atoms with Crippen LogP contribution in [0.2, 0.25) is 10.0 Å². The number of hydrogen-bond acceptors (Lipinski definition) is 12. The maximum absolute atomic E-state index is 11.4. The van der Waals surface area contributed by atoms with Crippen LogP contribution in [-0.4, -0.2) is 57.1 Å². The molecule has 0 unspecified atom stereocenters. The van der Waals surface area contributed by atoms with Crippen molar-refractivity contribution < 1.29 is 27.9 Å². The SMILES string of the molecule is COC(=O)C1CC(Sc2nnc(-c3ccc(C4CC4)cc3Cl)o2)C1.COC(=O)C1CC(Sc2nnc(-c3ccc(C4CC4)cc3Cl)o2)C1. The molecule has 8 rings (SSSR count). The highest BCUT2D eigenvalue weighted by molar-refractivity contribution is 8.00. The highest BCUT2D eigenvalue weighted by Crippen LogP contribution is 2.45. The number of halogens is 2. The summed E-state index contributed by atoms with van der Waals surface area (Å²) in [5.74, 6) is 1.92. The summed E-state index contributed by atoms with van der Waals surface area (Å²) in [6, 6.07) is 12.1. The van der Waals surface area contributed by atoms with Crippen molar-refractivity contribution in [2.75, 3.05) is 14.2 Å². The molecule has 4 aromatic rings. The third kappa shape index (κ3) is 7.72. The Kier molecular flexibility index (Phi) is 10.0. The van der Waals surface area contributed by atoms with E-state index < -0.39 is 0 Å². The van der Waals surface area contributed by atoms with E-state index in [9.17, 15) is 9.59 Å². The highest BCUT2D eigenvalue weighted by atomic mass is 35.5. The van der Waals surface area contributed by atoms with Gasteiger partial charge in [-0.25, -0.2) is 0 Å². The molecule has 0 aliphatic heterocycles. The molecule has 252 valence electrons. The molecule has 2 heterocycles. The van der Waals surface area contributed by atoms with Crippen LogP contribution in [0.15, 0.2) is 55.7 Å². The summed E-state index contributed by atoms with van der Waals surface area (Å²) >= 11 is 15.8. The van der Waals surface area contributed by atoms with E-state index in [-0.39, 0.29) is 23.8 Å². The van der Waals surface area contributed by atoms with E-state index >= 15 is 0 Å². The van der Waals surface area contributed by atoms with Crippen LogP contribution < -0.4 is 0 Å². The molecule has 2 aromatic heterocycles. The standard InChI is InChI=1S/2C17H17ClN2O3S/c2*1-22-16(21)11-6-12(7-11)24-17-20-19-15(23-17)13-5-4-10(8-14(13)18)9-2-3-9/h2*4-5,8-9,11-12H,2-3,6-7H2,1H3. The van der Waals surface area contributed by atoms with Crippen LogP contribution in [0.4, 0.5) is 0 Å². The number of nitrogens with zero attached hydrogens (tertiary/aromatic N) is 4. The number of benzene rings is 2. The van der Waals surface area contributed by atoms with Gasteiger partial charge < -0.3 is 18.3 Å². The number of thioether (sulfide) groups is 2. The highest BCUT2D eigenvalue weighted by Gasteiger charge is 2.38. The van der Waals surface area contributed by atoms with Gasteiger partial charge in [-0.3, -0.25) is 9.59 Å². The average Bonchev–Trinajstić information content (AvgIpc) is 3.99. The molecule has 0 bridgehead atoms. The maximum atomic E-state index is 11.4. The second kappa shape index (κ2) is 14.4. The second-order valence-electron chi connectivity index (χ2n) is 12.6. The zero-order valence-electron chi connectivity index (χ0n) is 26.4. The maximum Gasteiger partial charge on any atom is 0.308 e. The number of carbonyl (C=O) groups excluding carboxylic acids is 2. The van der Waals surface area contributed by atoms with Crippen molar-refractivity contribution in [1.82, 2.24) is 20.4 Å². The number of aromatic nitrogens is 4. The number of esters is 2. The fourth-order valence-electron chi connectivity index (χ4n) is 5.81. The van der Waals surface area contributed by atoms with E-state index in [4.69, 9.17) is 41.5 Å². The Morgan fingerprint density at radius 2 is 1.06 bits per heavy atom. The fourth-order valence-corrected chi connectivity index (χ4v) is 8.66. The number of rotatable bonds is 10. The zero-order valence-corrected chi connectivity index (χ0v) is 29.5. The number of methoxy groups -OCH3 is 2. The van der Waals surface area contributed by atoms with Gasteiger partial charge in [-0.1, -0.05) is 58.9 Å². The van der Waals surface area contributed by atoms with E-state index in [1.165, 1.54) is 74.6 Å². The molecule has 4 saturated carbocycles. The van der Waals surface area contributed by atoms with Crippen molar-refractivity contribution in [2.24, 2.45) is 11.8 Å². The molecule has 14 heteroatoms. The number of hydrogen-bond donors (Lipinski definition) is 0. The molecule has 48 heavy (non-hydrogen) atoms. The van der Waals surface area contributed by atoms with Crippen molar-refractivity contribution in [3.05, 3.63) is 57.6 Å². The normalized spacial score (nSPS) is 22.9. The Bertz CT molecular complexity index is 1670. The van der Waals surface area contributed by atoms with Gasteiger partial charge in [0.15, 0.2) is 0 Å². The van der Waals surface area contributed by atoms with Crippen LogP contribution in [0.5, 0.6) is 0 Å². The summed E-state index contributed by atoms with van der Waals surface area (Å²) in [7, 11) is 2.84. The third-order valence-electron chi connectivity index (χ3n) is 9.15. The lowest BCUT2D eigenvalue weighted by Crippen LogP contribution is -2.33. The van der Waals surface area contributed by atoms with Crippen LogP contribution in [0.3, 0.4) is 0 Å². The van der Waals surface area contributed by atoms with Gasteiger partial charge in [-0.2, -0.15) is 0 Å². The molecule has 4 aliphatic rings. The molecule has 10 nitrogen and oxygen atoms in total. The van der Waals surface area contributed by atoms with E-state index in [2.05, 4.69) is 32.5 Å². The van der Waals surface area contributed by atoms with E-state index in [1.54, 1.807) is 0 Å². The van der Waals surface area contributed by atoms with Crippen LogP contribution in [0, 0.1) is 11.8 Å². The Morgan fingerprint density at radius 1 is 0.667 bits per heavy atom. The molecule has 4 fully saturated rings. The lowest BCUT2D eigenvalue weighted by atomic mass is 9.85. The largest absolute Gasteiger partial charge is 0.469 e. The van der Waals surface area contributed by atoms with E-state index in [0.717, 1.165) is 36.8 Å². The predicted octanol–water partition coefficient (Wildman–Crippen LogP) is 8.62. The molecule has 0 N–H and O–H groups in total. The van der Waals surface area contributed by atoms with Crippen LogP contribution in [0.25, 0.3) is 22.9 Å². The van der Waals surface area contributed by atoms with Crippen LogP contribution >= 0.6 is 46.7 Å². The van der Waals surface area contributed by atoms with Crippen molar-refractivity contribution >= 4 is 58.7 Å². The zero-order chi connectivity index (χ0) is 33.4. The minimum absolute atomic E-state index is 0.000644. The fraction of sp³-hybridized carbons (Fsp3) is 0.471. The van der Waals surface area contributed by atoms with Gasteiger partial charge in [0.2, 0.25) is 11.8 Å². The molecule has 0 amide bonds. The van der Waals surface area contributed by atoms with Gasteiger partial charge >= 0.3 is 11.9 Å². The lowest BCUT2D eigenvalue weighted by molar-refractivity contribution is -0.148. The average molecular weight is 730 g/mol. The summed E-state index contributed by atoms with van der Waals surface area (Å²) in [5, 5.41) is 19.3. The summed E-state index contributed by atoms with van der Waals surface area (Å²) in [5.41, 5.74) is 4.09. The molecular formula is C34H34Cl2N4O6S2. The smallest absolute Gasteiger partial charge is 0.308 e. The van der Waals surface area contributed by atoms with Crippen molar-refractivity contribution in [2.45, 2.75) is 84.1 Å². The van der Waals surface area contributed by atoms with E-state index in [1.807, 2.05) is 24.3 Å². The third-order valence-corrected chi connectivity index (χ3v) is 11.9. The Hall–Kier alpha value is -3.06. The van der Waals surface area contributed by atoms with Crippen LogP contribution in [0.1, 0.15) is 74.3 Å². The Balaban J connectivity index is 0.000000152. The Morgan fingerprint density at radius 3 is 1.40 bits per heavy atom.